The van der Waals surface area contributed by atoms with E-state index in [9.17, 15) is 9.59 Å². The average molecular weight is 210 g/mol. The molecule has 3 heteroatoms. The average Bonchev–Trinajstić information content (AvgIpc) is 2.00. The topological polar surface area (TPSA) is 43.4 Å². The molecule has 0 heterocycles. The van der Waals surface area contributed by atoms with Crippen LogP contribution in [0.15, 0.2) is 24.3 Å². The molecule has 0 aliphatic rings. The van der Waals surface area contributed by atoms with Crippen molar-refractivity contribution in [2.45, 2.75) is 34.1 Å². The van der Waals surface area contributed by atoms with Gasteiger partial charge in [-0.05, 0) is 18.8 Å². The Morgan fingerprint density at radius 3 is 1.93 bits per heavy atom. The van der Waals surface area contributed by atoms with Crippen LogP contribution in [0.2, 0.25) is 0 Å². The maximum Gasteiger partial charge on any atom is 0.341 e. The first-order valence-corrected chi connectivity index (χ1v) is 4.73. The van der Waals surface area contributed by atoms with Crippen molar-refractivity contribution in [1.82, 2.24) is 0 Å². The molecule has 0 saturated carbocycles. The molecule has 84 valence electrons. The predicted molar refractivity (Wildman–Crippen MR) is 59.1 cm³/mol. The first-order valence-electron chi connectivity index (χ1n) is 4.73. The van der Waals surface area contributed by atoms with Crippen LogP contribution in [0.25, 0.3) is 0 Å². The molecule has 0 N–H and O–H groups in total. The van der Waals surface area contributed by atoms with Gasteiger partial charge in [0.25, 0.3) is 0 Å². The molecule has 0 spiro atoms. The van der Waals surface area contributed by atoms with Gasteiger partial charge < -0.3 is 4.74 Å². The molecule has 0 aromatic carbocycles. The Morgan fingerprint density at radius 2 is 1.60 bits per heavy atom. The van der Waals surface area contributed by atoms with Crippen LogP contribution in [-0.4, -0.2) is 11.9 Å². The van der Waals surface area contributed by atoms with Crippen LogP contribution in [0.5, 0.6) is 0 Å². The standard InChI is InChI=1S/C12H18O3/c1-8(2)10(13)15-11(14)9(3)7-12(4,5)6/h1,3,7H2,2,4-6H3. The Bertz CT molecular complexity index is 305. The fraction of sp³-hybridized carbons (Fsp3) is 0.500. The van der Waals surface area contributed by atoms with Crippen molar-refractivity contribution < 1.29 is 14.3 Å². The van der Waals surface area contributed by atoms with Crippen LogP contribution in [0, 0.1) is 5.41 Å². The normalized spacial score (nSPS) is 10.7. The second-order valence-corrected chi connectivity index (χ2v) is 4.80. The lowest BCUT2D eigenvalue weighted by Crippen LogP contribution is -2.17. The lowest BCUT2D eigenvalue weighted by molar-refractivity contribution is -0.154. The van der Waals surface area contributed by atoms with Gasteiger partial charge in [0.2, 0.25) is 0 Å². The summed E-state index contributed by atoms with van der Waals surface area (Å²) in [6.07, 6.45) is 0.495. The Labute approximate surface area is 90.8 Å². The molecule has 0 aliphatic carbocycles. The SMILES string of the molecule is C=C(C)C(=O)OC(=O)C(=C)CC(C)(C)C. The van der Waals surface area contributed by atoms with Crippen LogP contribution in [0.1, 0.15) is 34.1 Å². The van der Waals surface area contributed by atoms with Crippen molar-refractivity contribution >= 4 is 11.9 Å². The number of hydrogen-bond acceptors (Lipinski definition) is 3. The molecule has 0 saturated heterocycles. The van der Waals surface area contributed by atoms with Gasteiger partial charge in [-0.3, -0.25) is 0 Å². The maximum absolute atomic E-state index is 11.4. The van der Waals surface area contributed by atoms with E-state index in [2.05, 4.69) is 17.9 Å². The molecular formula is C12H18O3. The molecule has 0 unspecified atom stereocenters. The minimum atomic E-state index is -0.699. The monoisotopic (exact) mass is 210 g/mol. The van der Waals surface area contributed by atoms with E-state index in [0.29, 0.717) is 12.0 Å². The van der Waals surface area contributed by atoms with Crippen LogP contribution in [-0.2, 0) is 14.3 Å². The van der Waals surface area contributed by atoms with Gasteiger partial charge in [-0.2, -0.15) is 0 Å². The minimum absolute atomic E-state index is 0.0532. The van der Waals surface area contributed by atoms with E-state index in [4.69, 9.17) is 0 Å². The molecule has 0 aliphatic heterocycles. The Kier molecular flexibility index (Phi) is 4.46. The first-order chi connectivity index (χ1) is 6.63. The maximum atomic E-state index is 11.4. The van der Waals surface area contributed by atoms with Crippen LogP contribution >= 0.6 is 0 Å². The number of carbonyl (C=O) groups is 2. The smallest absolute Gasteiger partial charge is 0.341 e. The zero-order valence-electron chi connectivity index (χ0n) is 9.85. The van der Waals surface area contributed by atoms with Gasteiger partial charge in [-0.25, -0.2) is 9.59 Å². The molecule has 0 aromatic heterocycles. The first kappa shape index (κ1) is 13.6. The third-order valence-electron chi connectivity index (χ3n) is 1.57. The minimum Gasteiger partial charge on any atom is -0.386 e. The van der Waals surface area contributed by atoms with Gasteiger partial charge >= 0.3 is 11.9 Å². The largest absolute Gasteiger partial charge is 0.386 e. The van der Waals surface area contributed by atoms with Gasteiger partial charge in [0.05, 0.1) is 0 Å². The molecule has 15 heavy (non-hydrogen) atoms. The van der Waals surface area contributed by atoms with Crippen molar-refractivity contribution in [3.05, 3.63) is 24.3 Å². The quantitative estimate of drug-likeness (QED) is 0.408. The van der Waals surface area contributed by atoms with Gasteiger partial charge in [0.1, 0.15) is 0 Å². The highest BCUT2D eigenvalue weighted by molar-refractivity contribution is 6.01. The third-order valence-corrected chi connectivity index (χ3v) is 1.57. The highest BCUT2D eigenvalue weighted by Crippen LogP contribution is 2.23. The Balaban J connectivity index is 4.30. The molecule has 0 aromatic rings. The van der Waals surface area contributed by atoms with Gasteiger partial charge in [0, 0.05) is 11.1 Å². The van der Waals surface area contributed by atoms with Crippen molar-refractivity contribution in [2.75, 3.05) is 0 Å². The van der Waals surface area contributed by atoms with E-state index in [-0.39, 0.29) is 11.0 Å². The van der Waals surface area contributed by atoms with Crippen LogP contribution < -0.4 is 0 Å². The van der Waals surface area contributed by atoms with Crippen molar-refractivity contribution in [2.24, 2.45) is 5.41 Å². The summed E-state index contributed by atoms with van der Waals surface area (Å²) in [5.41, 5.74) is 0.451. The Morgan fingerprint density at radius 1 is 1.13 bits per heavy atom. The highest BCUT2D eigenvalue weighted by Gasteiger charge is 2.20. The summed E-state index contributed by atoms with van der Waals surface area (Å²) in [4.78, 5) is 22.4. The van der Waals surface area contributed by atoms with Crippen molar-refractivity contribution in [3.63, 3.8) is 0 Å². The fourth-order valence-electron chi connectivity index (χ4n) is 0.956. The van der Waals surface area contributed by atoms with Crippen LogP contribution in [0.3, 0.4) is 0 Å². The Hall–Kier alpha value is -1.38. The fourth-order valence-corrected chi connectivity index (χ4v) is 0.956. The second kappa shape index (κ2) is 4.91. The summed E-state index contributed by atoms with van der Waals surface area (Å²) in [6, 6.07) is 0. The summed E-state index contributed by atoms with van der Waals surface area (Å²) >= 11 is 0. The molecule has 0 bridgehead atoms. The number of rotatable bonds is 3. The number of carbonyl (C=O) groups excluding carboxylic acids is 2. The van der Waals surface area contributed by atoms with E-state index in [1.807, 2.05) is 20.8 Å². The van der Waals surface area contributed by atoms with Gasteiger partial charge in [0.15, 0.2) is 0 Å². The molecule has 0 atom stereocenters. The lowest BCUT2D eigenvalue weighted by atomic mass is 9.88. The van der Waals surface area contributed by atoms with E-state index >= 15 is 0 Å². The number of esters is 2. The number of ether oxygens (including phenoxy) is 1. The molecule has 0 fully saturated rings. The van der Waals surface area contributed by atoms with Gasteiger partial charge in [-0.1, -0.05) is 33.9 Å². The van der Waals surface area contributed by atoms with Gasteiger partial charge in [-0.15, -0.1) is 0 Å². The summed E-state index contributed by atoms with van der Waals surface area (Å²) in [7, 11) is 0. The highest BCUT2D eigenvalue weighted by atomic mass is 16.6. The molecule has 0 rings (SSSR count). The summed E-state index contributed by atoms with van der Waals surface area (Å²) in [6.45, 7) is 14.4. The van der Waals surface area contributed by atoms with E-state index < -0.39 is 11.9 Å². The summed E-state index contributed by atoms with van der Waals surface area (Å²) < 4.78 is 4.54. The van der Waals surface area contributed by atoms with E-state index in [0.717, 1.165) is 0 Å². The zero-order valence-corrected chi connectivity index (χ0v) is 9.85. The van der Waals surface area contributed by atoms with E-state index in [1.54, 1.807) is 0 Å². The predicted octanol–water partition coefficient (Wildman–Crippen LogP) is 2.62. The third kappa shape index (κ3) is 5.83. The second-order valence-electron chi connectivity index (χ2n) is 4.80. The van der Waals surface area contributed by atoms with Crippen molar-refractivity contribution in [1.29, 1.82) is 0 Å². The summed E-state index contributed by atoms with van der Waals surface area (Å²) in [5, 5.41) is 0. The zero-order chi connectivity index (χ0) is 12.2. The molecular weight excluding hydrogens is 192 g/mol. The lowest BCUT2D eigenvalue weighted by Gasteiger charge is -2.18. The summed E-state index contributed by atoms with van der Waals surface area (Å²) in [5.74, 6) is -1.37. The van der Waals surface area contributed by atoms with Crippen molar-refractivity contribution in [3.8, 4) is 0 Å². The molecule has 0 amide bonds. The molecule has 3 nitrogen and oxygen atoms in total. The molecule has 0 radical (unpaired) electrons. The number of hydrogen-bond donors (Lipinski definition) is 0. The van der Waals surface area contributed by atoms with E-state index in [1.165, 1.54) is 6.92 Å². The van der Waals surface area contributed by atoms with Crippen LogP contribution in [0.4, 0.5) is 0 Å².